The highest BCUT2D eigenvalue weighted by Gasteiger charge is 2.21. The summed E-state index contributed by atoms with van der Waals surface area (Å²) in [4.78, 5) is 49.4. The molecule has 1 N–H and O–H groups in total. The number of hydrogen-bond acceptors (Lipinski definition) is 6. The van der Waals surface area contributed by atoms with Crippen LogP contribution in [0.25, 0.3) is 11.3 Å². The minimum atomic E-state index is -0.416. The van der Waals surface area contributed by atoms with Crippen LogP contribution in [0.15, 0.2) is 57.4 Å². The third kappa shape index (κ3) is 4.03. The lowest BCUT2D eigenvalue weighted by molar-refractivity contribution is 0.350. The molecule has 0 unspecified atom stereocenters. The van der Waals surface area contributed by atoms with Gasteiger partial charge in [0.25, 0.3) is 11.1 Å². The average Bonchev–Trinajstić information content (AvgIpc) is 2.74. The smallest absolute Gasteiger partial charge is 0.329 e. The zero-order valence-corrected chi connectivity index (χ0v) is 16.1. The third-order valence-corrected chi connectivity index (χ3v) is 5.38. The van der Waals surface area contributed by atoms with Gasteiger partial charge in [-0.2, -0.15) is 0 Å². The Hall–Kier alpha value is -3.49. The fourth-order valence-corrected chi connectivity index (χ4v) is 3.58. The fourth-order valence-electron chi connectivity index (χ4n) is 3.58. The maximum absolute atomic E-state index is 12.5. The summed E-state index contributed by atoms with van der Waals surface area (Å²) in [6.07, 6.45) is 6.67. The molecule has 0 aromatic carbocycles. The van der Waals surface area contributed by atoms with E-state index < -0.39 is 5.69 Å². The van der Waals surface area contributed by atoms with Crippen molar-refractivity contribution in [2.24, 2.45) is 13.0 Å². The van der Waals surface area contributed by atoms with Crippen molar-refractivity contribution in [2.75, 3.05) is 18.0 Å². The van der Waals surface area contributed by atoms with Gasteiger partial charge < -0.3 is 4.90 Å². The van der Waals surface area contributed by atoms with E-state index in [-0.39, 0.29) is 11.1 Å². The number of pyridine rings is 1. The van der Waals surface area contributed by atoms with E-state index in [0.29, 0.717) is 37.1 Å². The quantitative estimate of drug-likeness (QED) is 0.695. The normalized spacial score (nSPS) is 14.9. The van der Waals surface area contributed by atoms with E-state index in [2.05, 4.69) is 15.0 Å². The Balaban J connectivity index is 1.42. The van der Waals surface area contributed by atoms with Crippen LogP contribution in [0.2, 0.25) is 0 Å². The van der Waals surface area contributed by atoms with Gasteiger partial charge >= 0.3 is 5.69 Å². The molecule has 9 heteroatoms. The number of rotatable bonds is 4. The zero-order chi connectivity index (χ0) is 20.4. The Kier molecular flexibility index (Phi) is 5.11. The topological polar surface area (TPSA) is 106 Å². The van der Waals surface area contributed by atoms with Crippen LogP contribution >= 0.6 is 0 Å². The van der Waals surface area contributed by atoms with Crippen LogP contribution < -0.4 is 21.7 Å². The van der Waals surface area contributed by atoms with Crippen LogP contribution in [0.1, 0.15) is 12.8 Å². The van der Waals surface area contributed by atoms with Crippen molar-refractivity contribution >= 4 is 5.82 Å². The van der Waals surface area contributed by atoms with Gasteiger partial charge in [-0.1, -0.05) is 0 Å². The number of hydrogen-bond donors (Lipinski definition) is 1. The molecule has 0 spiro atoms. The fraction of sp³-hybridized carbons (Fsp3) is 0.350. The van der Waals surface area contributed by atoms with Crippen LogP contribution in [-0.4, -0.2) is 37.2 Å². The molecule has 4 heterocycles. The lowest BCUT2D eigenvalue weighted by atomic mass is 9.96. The summed E-state index contributed by atoms with van der Waals surface area (Å²) in [5.74, 6) is 0.879. The van der Waals surface area contributed by atoms with Crippen molar-refractivity contribution in [3.05, 3.63) is 74.2 Å². The minimum absolute atomic E-state index is 0.0860. The molecule has 0 atom stereocenters. The first-order valence-corrected chi connectivity index (χ1v) is 9.53. The van der Waals surface area contributed by atoms with Crippen molar-refractivity contribution in [1.82, 2.24) is 24.1 Å². The molecule has 0 aliphatic carbocycles. The van der Waals surface area contributed by atoms with Gasteiger partial charge in [-0.25, -0.2) is 9.78 Å². The van der Waals surface area contributed by atoms with E-state index in [1.54, 1.807) is 23.3 Å². The first-order chi connectivity index (χ1) is 14.0. The number of nitrogens with one attached hydrogen (secondary N) is 1. The van der Waals surface area contributed by atoms with Gasteiger partial charge in [-0.3, -0.25) is 28.7 Å². The molecule has 150 valence electrons. The molecule has 29 heavy (non-hydrogen) atoms. The van der Waals surface area contributed by atoms with E-state index >= 15 is 0 Å². The summed E-state index contributed by atoms with van der Waals surface area (Å²) >= 11 is 0. The molecular formula is C20H22N6O3. The molecule has 1 saturated heterocycles. The molecule has 0 radical (unpaired) electrons. The Bertz CT molecular complexity index is 1140. The molecule has 1 aliphatic heterocycles. The van der Waals surface area contributed by atoms with E-state index in [9.17, 15) is 14.4 Å². The van der Waals surface area contributed by atoms with Crippen LogP contribution in [0.3, 0.4) is 0 Å². The zero-order valence-electron chi connectivity index (χ0n) is 16.1. The van der Waals surface area contributed by atoms with Gasteiger partial charge in [0.2, 0.25) is 0 Å². The second-order valence-corrected chi connectivity index (χ2v) is 7.29. The van der Waals surface area contributed by atoms with Crippen molar-refractivity contribution in [3.63, 3.8) is 0 Å². The Labute approximate surface area is 166 Å². The highest BCUT2D eigenvalue weighted by Crippen LogP contribution is 2.22. The van der Waals surface area contributed by atoms with Crippen LogP contribution in [0.4, 0.5) is 5.82 Å². The molecule has 3 aromatic heterocycles. The molecule has 1 aliphatic rings. The number of H-pyrrole nitrogens is 1. The van der Waals surface area contributed by atoms with Crippen LogP contribution in [0.5, 0.6) is 0 Å². The van der Waals surface area contributed by atoms with Gasteiger partial charge in [-0.15, -0.1) is 0 Å². The van der Waals surface area contributed by atoms with Crippen molar-refractivity contribution in [1.29, 1.82) is 0 Å². The minimum Gasteiger partial charge on any atom is -0.358 e. The summed E-state index contributed by atoms with van der Waals surface area (Å²) in [7, 11) is 1.45. The van der Waals surface area contributed by atoms with Crippen molar-refractivity contribution in [3.8, 4) is 11.3 Å². The standard InChI is InChI=1S/C20H22N6O3/c1-24-18(27)10-17(23-20(24)29)25-7-4-14(5-8-25)12-26-13-22-16(9-19(26)28)15-3-2-6-21-11-15/h2-3,6,9-11,13-14H,4-5,7-8,12H2,1H3,(H,23,29). The predicted molar refractivity (Wildman–Crippen MR) is 109 cm³/mol. The van der Waals surface area contributed by atoms with Gasteiger partial charge in [0.15, 0.2) is 0 Å². The number of aromatic nitrogens is 5. The first kappa shape index (κ1) is 18.9. The molecular weight excluding hydrogens is 372 g/mol. The largest absolute Gasteiger partial charge is 0.358 e. The first-order valence-electron chi connectivity index (χ1n) is 9.53. The summed E-state index contributed by atoms with van der Waals surface area (Å²) < 4.78 is 2.69. The third-order valence-electron chi connectivity index (χ3n) is 5.38. The predicted octanol–water partition coefficient (Wildman–Crippen LogP) is 0.609. The van der Waals surface area contributed by atoms with Crippen molar-refractivity contribution < 1.29 is 0 Å². The number of anilines is 1. The second kappa shape index (κ2) is 7.86. The Morgan fingerprint density at radius 3 is 2.59 bits per heavy atom. The SMILES string of the molecule is Cn1c(=O)cc(N2CCC(Cn3cnc(-c4cccnc4)cc3=O)CC2)[nH]c1=O. The molecule has 0 bridgehead atoms. The lowest BCUT2D eigenvalue weighted by Gasteiger charge is -2.33. The second-order valence-electron chi connectivity index (χ2n) is 7.29. The highest BCUT2D eigenvalue weighted by atomic mass is 16.2. The maximum Gasteiger partial charge on any atom is 0.329 e. The summed E-state index contributed by atoms with van der Waals surface area (Å²) in [5, 5.41) is 0. The van der Waals surface area contributed by atoms with Gasteiger partial charge in [0.05, 0.1) is 12.0 Å². The summed E-state index contributed by atoms with van der Waals surface area (Å²) in [6.45, 7) is 2.02. The van der Waals surface area contributed by atoms with E-state index in [4.69, 9.17) is 0 Å². The molecule has 0 saturated carbocycles. The van der Waals surface area contributed by atoms with E-state index in [1.165, 1.54) is 19.2 Å². The van der Waals surface area contributed by atoms with E-state index in [1.807, 2.05) is 17.0 Å². The summed E-state index contributed by atoms with van der Waals surface area (Å²) in [6, 6.07) is 6.67. The van der Waals surface area contributed by atoms with Crippen LogP contribution in [0, 0.1) is 5.92 Å². The summed E-state index contributed by atoms with van der Waals surface area (Å²) in [5.41, 5.74) is 0.604. The number of piperidine rings is 1. The van der Waals surface area contributed by atoms with Crippen LogP contribution in [-0.2, 0) is 13.6 Å². The van der Waals surface area contributed by atoms with Gasteiger partial charge in [-0.05, 0) is 30.9 Å². The number of aromatic amines is 1. The molecule has 3 aromatic rings. The Morgan fingerprint density at radius 1 is 1.14 bits per heavy atom. The maximum atomic E-state index is 12.5. The molecule has 1 fully saturated rings. The highest BCUT2D eigenvalue weighted by molar-refractivity contribution is 5.56. The van der Waals surface area contributed by atoms with E-state index in [0.717, 1.165) is 23.0 Å². The molecule has 4 rings (SSSR count). The average molecular weight is 394 g/mol. The molecule has 0 amide bonds. The van der Waals surface area contributed by atoms with Gasteiger partial charge in [0, 0.05) is 56.8 Å². The number of nitrogens with zero attached hydrogens (tertiary/aromatic N) is 5. The monoisotopic (exact) mass is 394 g/mol. The molecule has 9 nitrogen and oxygen atoms in total. The lowest BCUT2D eigenvalue weighted by Crippen LogP contribution is -2.40. The van der Waals surface area contributed by atoms with Crippen molar-refractivity contribution in [2.45, 2.75) is 19.4 Å². The van der Waals surface area contributed by atoms with Gasteiger partial charge in [0.1, 0.15) is 5.82 Å². The Morgan fingerprint density at radius 2 is 1.93 bits per heavy atom.